The predicted molar refractivity (Wildman–Crippen MR) is 63.4 cm³/mol. The lowest BCUT2D eigenvalue weighted by atomic mass is 10.1. The molecule has 0 atom stereocenters. The van der Waals surface area contributed by atoms with Crippen molar-refractivity contribution in [3.63, 3.8) is 0 Å². The van der Waals surface area contributed by atoms with Crippen molar-refractivity contribution in [3.8, 4) is 0 Å². The van der Waals surface area contributed by atoms with Gasteiger partial charge in [-0.25, -0.2) is 5.43 Å². The van der Waals surface area contributed by atoms with Gasteiger partial charge in [0.15, 0.2) is 0 Å². The molecule has 0 unspecified atom stereocenters. The lowest BCUT2D eigenvalue weighted by Gasteiger charge is -2.11. The summed E-state index contributed by atoms with van der Waals surface area (Å²) >= 11 is 0. The number of hydrogen-bond acceptors (Lipinski definition) is 5. The number of hydrazone groups is 1. The Morgan fingerprint density at radius 3 is 2.83 bits per heavy atom. The van der Waals surface area contributed by atoms with Gasteiger partial charge >= 0.3 is 0 Å². The number of aryl methyl sites for hydroxylation is 1. The number of rotatable bonds is 3. The summed E-state index contributed by atoms with van der Waals surface area (Å²) in [5.74, 6) is -0.465. The third-order valence-electron chi connectivity index (χ3n) is 2.45. The van der Waals surface area contributed by atoms with E-state index in [4.69, 9.17) is 0 Å². The highest BCUT2D eigenvalue weighted by molar-refractivity contribution is 6.39. The van der Waals surface area contributed by atoms with Crippen LogP contribution in [0.2, 0.25) is 0 Å². The van der Waals surface area contributed by atoms with Crippen molar-refractivity contribution in [3.05, 3.63) is 23.5 Å². The predicted octanol–water partition coefficient (Wildman–Crippen LogP) is -0.333. The maximum absolute atomic E-state index is 11.7. The van der Waals surface area contributed by atoms with Crippen LogP contribution in [0.3, 0.4) is 0 Å². The van der Waals surface area contributed by atoms with Crippen molar-refractivity contribution in [2.45, 2.75) is 26.3 Å². The average molecular weight is 247 g/mol. The number of carbonyl (C=O) groups is 2. The van der Waals surface area contributed by atoms with E-state index in [1.165, 1.54) is 0 Å². The molecule has 0 fully saturated rings. The molecule has 2 heterocycles. The summed E-state index contributed by atoms with van der Waals surface area (Å²) in [6.07, 6.45) is 0.647. The minimum Gasteiger partial charge on any atom is -0.345 e. The number of amides is 2. The second-order valence-electron chi connectivity index (χ2n) is 3.94. The van der Waals surface area contributed by atoms with Crippen LogP contribution in [-0.2, 0) is 16.1 Å². The monoisotopic (exact) mass is 247 g/mol. The van der Waals surface area contributed by atoms with Crippen LogP contribution in [0.5, 0.6) is 0 Å². The quantitative estimate of drug-likeness (QED) is 0.764. The van der Waals surface area contributed by atoms with Crippen molar-refractivity contribution >= 4 is 17.5 Å². The molecule has 0 aliphatic carbocycles. The van der Waals surface area contributed by atoms with Gasteiger partial charge in [0.25, 0.3) is 5.91 Å². The lowest BCUT2D eigenvalue weighted by molar-refractivity contribution is -0.121. The smallest absolute Gasteiger partial charge is 0.267 e. The molecule has 2 amide bonds. The highest BCUT2D eigenvalue weighted by atomic mass is 16.2. The molecule has 1 aromatic heterocycles. The fourth-order valence-corrected chi connectivity index (χ4v) is 1.43. The summed E-state index contributed by atoms with van der Waals surface area (Å²) in [5, 5.41) is 14.2. The van der Waals surface area contributed by atoms with Crippen LogP contribution in [-0.4, -0.2) is 27.7 Å². The number of aromatic nitrogens is 2. The first-order valence-electron chi connectivity index (χ1n) is 5.58. The van der Waals surface area contributed by atoms with E-state index in [2.05, 4.69) is 26.0 Å². The number of nitrogens with one attached hydrogen (secondary N) is 2. The molecule has 0 bridgehead atoms. The Morgan fingerprint density at radius 1 is 1.39 bits per heavy atom. The van der Waals surface area contributed by atoms with Crippen LogP contribution in [0.15, 0.2) is 17.2 Å². The van der Waals surface area contributed by atoms with E-state index in [1.54, 1.807) is 6.07 Å². The Morgan fingerprint density at radius 2 is 2.22 bits per heavy atom. The Bertz CT molecular complexity index is 495. The maximum Gasteiger partial charge on any atom is 0.267 e. The fraction of sp³-hybridized carbons (Fsp3) is 0.364. The van der Waals surface area contributed by atoms with Gasteiger partial charge in [-0.2, -0.15) is 15.3 Å². The molecular formula is C11H13N5O2. The standard InChI is InChI=1S/C11H13N5O2/c1-7-2-3-8(14-13-7)6-12-11(18)9-4-5-10(17)16-15-9/h2-3H,4-6H2,1H3,(H,12,18)(H,16,17). The minimum atomic E-state index is -0.294. The third kappa shape index (κ3) is 3.09. The zero-order valence-electron chi connectivity index (χ0n) is 9.93. The summed E-state index contributed by atoms with van der Waals surface area (Å²) in [6, 6.07) is 3.62. The first-order valence-corrected chi connectivity index (χ1v) is 5.58. The molecule has 0 aromatic carbocycles. The van der Waals surface area contributed by atoms with Gasteiger partial charge in [0.2, 0.25) is 5.91 Å². The Kier molecular flexibility index (Phi) is 3.61. The van der Waals surface area contributed by atoms with Gasteiger partial charge in [-0.3, -0.25) is 9.59 Å². The summed E-state index contributed by atoms with van der Waals surface area (Å²) in [6.45, 7) is 2.13. The number of carbonyl (C=O) groups excluding carboxylic acids is 2. The van der Waals surface area contributed by atoms with Crippen molar-refractivity contribution in [2.24, 2.45) is 5.10 Å². The normalized spacial score (nSPS) is 14.7. The fourth-order valence-electron chi connectivity index (χ4n) is 1.43. The molecule has 0 radical (unpaired) electrons. The van der Waals surface area contributed by atoms with Crippen LogP contribution in [0.25, 0.3) is 0 Å². The van der Waals surface area contributed by atoms with Crippen LogP contribution < -0.4 is 10.7 Å². The minimum absolute atomic E-state index is 0.170. The van der Waals surface area contributed by atoms with E-state index in [1.807, 2.05) is 13.0 Å². The van der Waals surface area contributed by atoms with E-state index in [0.29, 0.717) is 24.4 Å². The van der Waals surface area contributed by atoms with Crippen molar-refractivity contribution in [1.82, 2.24) is 20.9 Å². The summed E-state index contributed by atoms with van der Waals surface area (Å²) in [4.78, 5) is 22.6. The van der Waals surface area contributed by atoms with Crippen molar-refractivity contribution < 1.29 is 9.59 Å². The van der Waals surface area contributed by atoms with Gasteiger partial charge in [0.1, 0.15) is 5.71 Å². The van der Waals surface area contributed by atoms with Gasteiger partial charge in [-0.05, 0) is 19.1 Å². The second kappa shape index (κ2) is 5.35. The van der Waals surface area contributed by atoms with Crippen LogP contribution >= 0.6 is 0 Å². The van der Waals surface area contributed by atoms with E-state index in [0.717, 1.165) is 5.69 Å². The molecular weight excluding hydrogens is 234 g/mol. The summed E-state index contributed by atoms with van der Waals surface area (Å²) in [5.41, 5.74) is 4.11. The van der Waals surface area contributed by atoms with E-state index in [-0.39, 0.29) is 18.2 Å². The molecule has 1 aromatic rings. The molecule has 7 heteroatoms. The number of hydrogen-bond donors (Lipinski definition) is 2. The Labute approximate surface area is 104 Å². The van der Waals surface area contributed by atoms with Crippen molar-refractivity contribution in [2.75, 3.05) is 0 Å². The zero-order chi connectivity index (χ0) is 13.0. The molecule has 0 saturated heterocycles. The molecule has 0 saturated carbocycles. The largest absolute Gasteiger partial charge is 0.345 e. The summed E-state index contributed by atoms with van der Waals surface area (Å²) in [7, 11) is 0. The van der Waals surface area contributed by atoms with Gasteiger partial charge in [-0.1, -0.05) is 0 Å². The lowest BCUT2D eigenvalue weighted by Crippen LogP contribution is -2.36. The zero-order valence-corrected chi connectivity index (χ0v) is 9.93. The molecule has 94 valence electrons. The molecule has 2 rings (SSSR count). The van der Waals surface area contributed by atoms with Gasteiger partial charge in [-0.15, -0.1) is 0 Å². The maximum atomic E-state index is 11.7. The second-order valence-corrected chi connectivity index (χ2v) is 3.94. The topological polar surface area (TPSA) is 96.3 Å². The molecule has 1 aliphatic rings. The highest BCUT2D eigenvalue weighted by Crippen LogP contribution is 2.00. The molecule has 0 spiro atoms. The Hall–Kier alpha value is -2.31. The molecule has 7 nitrogen and oxygen atoms in total. The first kappa shape index (κ1) is 12.2. The number of nitrogens with zero attached hydrogens (tertiary/aromatic N) is 3. The molecule has 18 heavy (non-hydrogen) atoms. The summed E-state index contributed by atoms with van der Waals surface area (Å²) < 4.78 is 0. The van der Waals surface area contributed by atoms with Gasteiger partial charge in [0.05, 0.1) is 17.9 Å². The first-order chi connectivity index (χ1) is 8.65. The average Bonchev–Trinajstić information content (AvgIpc) is 2.38. The van der Waals surface area contributed by atoms with E-state index >= 15 is 0 Å². The van der Waals surface area contributed by atoms with Gasteiger partial charge in [0, 0.05) is 12.8 Å². The van der Waals surface area contributed by atoms with E-state index < -0.39 is 0 Å². The van der Waals surface area contributed by atoms with Gasteiger partial charge < -0.3 is 5.32 Å². The van der Waals surface area contributed by atoms with Crippen LogP contribution in [0.4, 0.5) is 0 Å². The molecule has 1 aliphatic heterocycles. The Balaban J connectivity index is 1.88. The van der Waals surface area contributed by atoms with Crippen molar-refractivity contribution in [1.29, 1.82) is 0 Å². The highest BCUT2D eigenvalue weighted by Gasteiger charge is 2.17. The third-order valence-corrected chi connectivity index (χ3v) is 2.45. The van der Waals surface area contributed by atoms with E-state index in [9.17, 15) is 9.59 Å². The SMILES string of the molecule is Cc1ccc(CNC(=O)C2=NNC(=O)CC2)nn1. The van der Waals surface area contributed by atoms with Crippen LogP contribution in [0, 0.1) is 6.92 Å². The van der Waals surface area contributed by atoms with Crippen LogP contribution in [0.1, 0.15) is 24.2 Å². The molecule has 2 N–H and O–H groups in total.